The largest absolute Gasteiger partial charge is 0.488 e. The molecule has 6 heteroatoms. The number of carbonyl (C=O) groups excluding carboxylic acids is 2. The molecule has 3 rings (SSSR count). The van der Waals surface area contributed by atoms with Crippen molar-refractivity contribution in [2.45, 2.75) is 6.61 Å². The summed E-state index contributed by atoms with van der Waals surface area (Å²) in [6.45, 7) is 0.0762. The van der Waals surface area contributed by atoms with Crippen molar-refractivity contribution < 1.29 is 18.7 Å². The lowest BCUT2D eigenvalue weighted by Crippen LogP contribution is -2.22. The average molecular weight is 343 g/mol. The molecule has 0 unspecified atom stereocenters. The summed E-state index contributed by atoms with van der Waals surface area (Å²) >= 11 is 0.885. The van der Waals surface area contributed by atoms with Gasteiger partial charge in [0.05, 0.1) is 4.91 Å². The number of rotatable bonds is 4. The van der Waals surface area contributed by atoms with Crippen molar-refractivity contribution in [3.8, 4) is 5.75 Å². The van der Waals surface area contributed by atoms with Gasteiger partial charge in [0.1, 0.15) is 18.2 Å². The van der Waals surface area contributed by atoms with Gasteiger partial charge in [0.2, 0.25) is 0 Å². The van der Waals surface area contributed by atoms with Gasteiger partial charge in [0.15, 0.2) is 0 Å². The molecule has 0 atom stereocenters. The highest BCUT2D eigenvalue weighted by molar-refractivity contribution is 8.18. The van der Waals surface area contributed by atoms with Crippen LogP contribution in [0.5, 0.6) is 5.75 Å². The Labute approximate surface area is 142 Å². The van der Waals surface area contributed by atoms with Gasteiger partial charge < -0.3 is 4.74 Å². The monoisotopic (exact) mass is 343 g/mol. The van der Waals surface area contributed by atoms with Gasteiger partial charge in [-0.1, -0.05) is 36.4 Å². The molecule has 122 valence electrons. The minimum atomic E-state index is -0.339. The van der Waals surface area contributed by atoms with E-state index in [0.717, 1.165) is 16.7 Å². The van der Waals surface area contributed by atoms with Crippen LogP contribution in [0.1, 0.15) is 11.1 Å². The van der Waals surface area contributed by atoms with Crippen LogP contribution >= 0.6 is 11.8 Å². The van der Waals surface area contributed by atoms with E-state index in [1.165, 1.54) is 13.1 Å². The minimum absolute atomic E-state index is 0.0762. The maximum Gasteiger partial charge on any atom is 0.293 e. The van der Waals surface area contributed by atoms with Gasteiger partial charge in [-0.05, 0) is 30.0 Å². The summed E-state index contributed by atoms with van der Waals surface area (Å²) in [5.74, 6) is -0.153. The van der Waals surface area contributed by atoms with Crippen LogP contribution in [0.15, 0.2) is 53.4 Å². The number of ether oxygens (including phenoxy) is 1. The van der Waals surface area contributed by atoms with Gasteiger partial charge in [0, 0.05) is 18.2 Å². The smallest absolute Gasteiger partial charge is 0.293 e. The van der Waals surface area contributed by atoms with Crippen molar-refractivity contribution in [2.75, 3.05) is 7.05 Å². The Hall–Kier alpha value is -2.60. The molecule has 0 aliphatic carbocycles. The molecule has 2 amide bonds. The fraction of sp³-hybridized carbons (Fsp3) is 0.111. The standard InChI is InChI=1S/C18H14FNO3S/c1-20-17(21)16(24-18(20)22)10-12-6-3-5-9-15(12)23-11-13-7-2-4-8-14(13)19/h2-10H,11H2,1H3/b16-10+. The normalized spacial score (nSPS) is 16.1. The van der Waals surface area contributed by atoms with Crippen LogP contribution < -0.4 is 4.74 Å². The quantitative estimate of drug-likeness (QED) is 0.785. The zero-order valence-electron chi connectivity index (χ0n) is 12.9. The van der Waals surface area contributed by atoms with Crippen molar-refractivity contribution in [3.63, 3.8) is 0 Å². The molecule has 1 aliphatic rings. The number of likely N-dealkylation sites (N-methyl/N-ethyl adjacent to an activating group) is 1. The number of carbonyl (C=O) groups is 2. The third-order valence-electron chi connectivity index (χ3n) is 3.53. The first-order chi connectivity index (χ1) is 11.6. The molecule has 1 saturated heterocycles. The second kappa shape index (κ2) is 6.88. The zero-order chi connectivity index (χ0) is 17.1. The lowest BCUT2D eigenvalue weighted by atomic mass is 10.1. The molecule has 1 heterocycles. The molecule has 0 N–H and O–H groups in total. The number of amides is 2. The first-order valence-corrected chi connectivity index (χ1v) is 8.04. The maximum absolute atomic E-state index is 13.7. The van der Waals surface area contributed by atoms with E-state index in [0.29, 0.717) is 21.8 Å². The number of imide groups is 1. The maximum atomic E-state index is 13.7. The Morgan fingerprint density at radius 1 is 1.12 bits per heavy atom. The van der Waals surface area contributed by atoms with Crippen LogP contribution in [0, 0.1) is 5.82 Å². The van der Waals surface area contributed by atoms with Gasteiger partial charge in [-0.3, -0.25) is 14.5 Å². The number of halogens is 1. The van der Waals surface area contributed by atoms with Crippen molar-refractivity contribution in [1.82, 2.24) is 4.90 Å². The molecule has 0 bridgehead atoms. The Balaban J connectivity index is 1.83. The van der Waals surface area contributed by atoms with E-state index in [1.54, 1.807) is 48.5 Å². The van der Waals surface area contributed by atoms with Crippen LogP contribution in [-0.4, -0.2) is 23.1 Å². The molecule has 2 aromatic rings. The fourth-order valence-corrected chi connectivity index (χ4v) is 3.01. The van der Waals surface area contributed by atoms with E-state index in [4.69, 9.17) is 4.74 Å². The van der Waals surface area contributed by atoms with E-state index in [9.17, 15) is 14.0 Å². The SMILES string of the molecule is CN1C(=O)S/C(=C/c2ccccc2OCc2ccccc2F)C1=O. The van der Waals surface area contributed by atoms with Gasteiger partial charge in [-0.2, -0.15) is 0 Å². The predicted octanol–water partition coefficient (Wildman–Crippen LogP) is 4.07. The van der Waals surface area contributed by atoms with Crippen LogP contribution in [0.4, 0.5) is 9.18 Å². The molecule has 0 radical (unpaired) electrons. The summed E-state index contributed by atoms with van der Waals surface area (Å²) in [5.41, 5.74) is 1.11. The minimum Gasteiger partial charge on any atom is -0.488 e. The molecule has 2 aromatic carbocycles. The van der Waals surface area contributed by atoms with Gasteiger partial charge in [0.25, 0.3) is 11.1 Å². The third kappa shape index (κ3) is 3.33. The second-order valence-corrected chi connectivity index (χ2v) is 6.15. The second-order valence-electron chi connectivity index (χ2n) is 5.16. The van der Waals surface area contributed by atoms with Crippen molar-refractivity contribution in [3.05, 3.63) is 70.4 Å². The highest BCUT2D eigenvalue weighted by Crippen LogP contribution is 2.33. The molecule has 4 nitrogen and oxygen atoms in total. The molecule has 0 spiro atoms. The summed E-state index contributed by atoms with van der Waals surface area (Å²) in [5, 5.41) is -0.309. The fourth-order valence-electron chi connectivity index (χ4n) is 2.19. The summed E-state index contributed by atoms with van der Waals surface area (Å²) in [6, 6.07) is 13.5. The van der Waals surface area contributed by atoms with Gasteiger partial charge in [-0.25, -0.2) is 4.39 Å². The number of nitrogens with zero attached hydrogens (tertiary/aromatic N) is 1. The third-order valence-corrected chi connectivity index (χ3v) is 4.49. The number of benzene rings is 2. The topological polar surface area (TPSA) is 46.6 Å². The van der Waals surface area contributed by atoms with Crippen molar-refractivity contribution >= 4 is 29.0 Å². The van der Waals surface area contributed by atoms with Crippen LogP contribution in [0.25, 0.3) is 6.08 Å². The zero-order valence-corrected chi connectivity index (χ0v) is 13.7. The first-order valence-electron chi connectivity index (χ1n) is 7.23. The van der Waals surface area contributed by atoms with Crippen molar-refractivity contribution in [2.24, 2.45) is 0 Å². The van der Waals surface area contributed by atoms with E-state index in [2.05, 4.69) is 0 Å². The molecule has 0 aromatic heterocycles. The number of para-hydroxylation sites is 1. The van der Waals surface area contributed by atoms with E-state index < -0.39 is 0 Å². The van der Waals surface area contributed by atoms with Crippen LogP contribution in [0.3, 0.4) is 0 Å². The predicted molar refractivity (Wildman–Crippen MR) is 90.9 cm³/mol. The summed E-state index contributed by atoms with van der Waals surface area (Å²) in [7, 11) is 1.44. The Bertz CT molecular complexity index is 835. The number of thioether (sulfide) groups is 1. The molecule has 0 saturated carbocycles. The molecule has 1 fully saturated rings. The molecular weight excluding hydrogens is 329 g/mol. The van der Waals surface area contributed by atoms with E-state index in [1.807, 2.05) is 0 Å². The molecule has 24 heavy (non-hydrogen) atoms. The summed E-state index contributed by atoms with van der Waals surface area (Å²) < 4.78 is 19.4. The van der Waals surface area contributed by atoms with Crippen molar-refractivity contribution in [1.29, 1.82) is 0 Å². The molecule has 1 aliphatic heterocycles. The van der Waals surface area contributed by atoms with Gasteiger partial charge in [-0.15, -0.1) is 0 Å². The lowest BCUT2D eigenvalue weighted by Gasteiger charge is -2.10. The average Bonchev–Trinajstić information content (AvgIpc) is 2.82. The first kappa shape index (κ1) is 16.3. The summed E-state index contributed by atoms with van der Waals surface area (Å²) in [6.07, 6.45) is 1.62. The highest BCUT2D eigenvalue weighted by Gasteiger charge is 2.31. The Morgan fingerprint density at radius 2 is 1.83 bits per heavy atom. The molecular formula is C18H14FNO3S. The van der Waals surface area contributed by atoms with E-state index in [-0.39, 0.29) is 23.6 Å². The number of hydrogen-bond acceptors (Lipinski definition) is 4. The summed E-state index contributed by atoms with van der Waals surface area (Å²) in [4.78, 5) is 25.0. The van der Waals surface area contributed by atoms with Crippen LogP contribution in [0.2, 0.25) is 0 Å². The highest BCUT2D eigenvalue weighted by atomic mass is 32.2. The lowest BCUT2D eigenvalue weighted by molar-refractivity contribution is -0.121. The van der Waals surface area contributed by atoms with Gasteiger partial charge >= 0.3 is 0 Å². The Morgan fingerprint density at radius 3 is 2.54 bits per heavy atom. The van der Waals surface area contributed by atoms with Crippen LogP contribution in [-0.2, 0) is 11.4 Å². The number of hydrogen-bond donors (Lipinski definition) is 0. The van der Waals surface area contributed by atoms with E-state index >= 15 is 0 Å². The Kier molecular flexibility index (Phi) is 4.66.